The zero-order valence-electron chi connectivity index (χ0n) is 8.52. The summed E-state index contributed by atoms with van der Waals surface area (Å²) in [5.74, 6) is -2.48. The molecular formula is C10H7ClF4O2. The van der Waals surface area contributed by atoms with E-state index in [-0.39, 0.29) is 5.56 Å². The Morgan fingerprint density at radius 2 is 1.94 bits per heavy atom. The number of halogens is 5. The SMILES string of the molecule is CC(Cl)C(=O)c1cc(F)cc(OC(F)(F)F)c1. The number of alkyl halides is 4. The average Bonchev–Trinajstić information content (AvgIpc) is 2.12. The minimum absolute atomic E-state index is 0.272. The fraction of sp³-hybridized carbons (Fsp3) is 0.300. The van der Waals surface area contributed by atoms with Gasteiger partial charge in [0, 0.05) is 11.6 Å². The summed E-state index contributed by atoms with van der Waals surface area (Å²) in [4.78, 5) is 11.4. The van der Waals surface area contributed by atoms with Crippen LogP contribution >= 0.6 is 11.6 Å². The second-order valence-corrected chi connectivity index (χ2v) is 3.86. The molecule has 1 rings (SSSR count). The van der Waals surface area contributed by atoms with Gasteiger partial charge in [-0.1, -0.05) is 0 Å². The van der Waals surface area contributed by atoms with E-state index < -0.39 is 29.1 Å². The molecule has 17 heavy (non-hydrogen) atoms. The summed E-state index contributed by atoms with van der Waals surface area (Å²) in [7, 11) is 0. The molecule has 0 aliphatic carbocycles. The average molecular weight is 271 g/mol. The lowest BCUT2D eigenvalue weighted by Gasteiger charge is -2.10. The highest BCUT2D eigenvalue weighted by Crippen LogP contribution is 2.25. The topological polar surface area (TPSA) is 26.3 Å². The third kappa shape index (κ3) is 4.22. The van der Waals surface area contributed by atoms with Crippen LogP contribution < -0.4 is 4.74 Å². The van der Waals surface area contributed by atoms with Crippen molar-refractivity contribution in [1.82, 2.24) is 0 Å². The fourth-order valence-electron chi connectivity index (χ4n) is 1.13. The predicted molar refractivity (Wildman–Crippen MR) is 52.7 cm³/mol. The van der Waals surface area contributed by atoms with Crippen LogP contribution in [0.3, 0.4) is 0 Å². The Kier molecular flexibility index (Phi) is 3.98. The van der Waals surface area contributed by atoms with Gasteiger partial charge in [0.1, 0.15) is 11.6 Å². The fourth-order valence-corrected chi connectivity index (χ4v) is 1.25. The van der Waals surface area contributed by atoms with E-state index in [1.165, 1.54) is 6.92 Å². The summed E-state index contributed by atoms with van der Waals surface area (Å²) in [5.41, 5.74) is -0.272. The third-order valence-electron chi connectivity index (χ3n) is 1.75. The summed E-state index contributed by atoms with van der Waals surface area (Å²) >= 11 is 5.47. The Labute approximate surface area is 99.1 Å². The van der Waals surface area contributed by atoms with Crippen LogP contribution in [0.1, 0.15) is 17.3 Å². The van der Waals surface area contributed by atoms with Crippen LogP contribution in [0.15, 0.2) is 18.2 Å². The molecule has 1 aromatic carbocycles. The number of hydrogen-bond acceptors (Lipinski definition) is 2. The minimum Gasteiger partial charge on any atom is -0.406 e. The third-order valence-corrected chi connectivity index (χ3v) is 1.95. The van der Waals surface area contributed by atoms with Gasteiger partial charge in [-0.15, -0.1) is 24.8 Å². The van der Waals surface area contributed by atoms with Crippen LogP contribution in [-0.2, 0) is 0 Å². The zero-order chi connectivity index (χ0) is 13.2. The minimum atomic E-state index is -4.94. The lowest BCUT2D eigenvalue weighted by molar-refractivity contribution is -0.274. The second-order valence-electron chi connectivity index (χ2n) is 3.20. The normalized spacial score (nSPS) is 13.3. The van der Waals surface area contributed by atoms with Crippen molar-refractivity contribution in [2.75, 3.05) is 0 Å². The molecule has 0 bridgehead atoms. The molecule has 7 heteroatoms. The molecule has 0 fully saturated rings. The van der Waals surface area contributed by atoms with E-state index in [0.29, 0.717) is 6.07 Å². The highest BCUT2D eigenvalue weighted by molar-refractivity contribution is 6.33. The number of carbonyl (C=O) groups excluding carboxylic acids is 1. The van der Waals surface area contributed by atoms with E-state index in [4.69, 9.17) is 11.6 Å². The molecule has 0 saturated carbocycles. The van der Waals surface area contributed by atoms with Crippen LogP contribution in [0.2, 0.25) is 0 Å². The monoisotopic (exact) mass is 270 g/mol. The molecule has 0 saturated heterocycles. The van der Waals surface area contributed by atoms with Gasteiger partial charge in [-0.3, -0.25) is 4.79 Å². The molecule has 1 atom stereocenters. The van der Waals surface area contributed by atoms with Crippen LogP contribution in [0.25, 0.3) is 0 Å². The Bertz CT molecular complexity index is 429. The van der Waals surface area contributed by atoms with Crippen LogP contribution in [-0.4, -0.2) is 17.5 Å². The second kappa shape index (κ2) is 4.91. The number of Topliss-reactive ketones (excluding diaryl/α,β-unsaturated/α-hetero) is 1. The maximum Gasteiger partial charge on any atom is 0.573 e. The highest BCUT2D eigenvalue weighted by Gasteiger charge is 2.31. The molecule has 0 spiro atoms. The number of rotatable bonds is 3. The van der Waals surface area contributed by atoms with E-state index in [0.717, 1.165) is 12.1 Å². The number of hydrogen-bond donors (Lipinski definition) is 0. The first-order chi connectivity index (χ1) is 7.69. The Morgan fingerprint density at radius 3 is 2.41 bits per heavy atom. The molecule has 0 radical (unpaired) electrons. The van der Waals surface area contributed by atoms with Crippen molar-refractivity contribution in [3.05, 3.63) is 29.6 Å². The molecular weight excluding hydrogens is 264 g/mol. The first kappa shape index (κ1) is 13.8. The number of ketones is 1. The van der Waals surface area contributed by atoms with Gasteiger partial charge in [0.25, 0.3) is 0 Å². The maximum atomic E-state index is 13.0. The molecule has 0 amide bonds. The predicted octanol–water partition coefficient (Wildman–Crippen LogP) is 3.53. The quantitative estimate of drug-likeness (QED) is 0.477. The van der Waals surface area contributed by atoms with Crippen molar-refractivity contribution in [1.29, 1.82) is 0 Å². The lowest BCUT2D eigenvalue weighted by atomic mass is 10.1. The number of carbonyl (C=O) groups is 1. The van der Waals surface area contributed by atoms with Crippen molar-refractivity contribution in [3.63, 3.8) is 0 Å². The first-order valence-corrected chi connectivity index (χ1v) is 4.87. The molecule has 1 unspecified atom stereocenters. The van der Waals surface area contributed by atoms with Gasteiger partial charge in [0.05, 0.1) is 5.38 Å². The van der Waals surface area contributed by atoms with E-state index in [9.17, 15) is 22.4 Å². The summed E-state index contributed by atoms with van der Waals surface area (Å²) in [6.45, 7) is 1.33. The van der Waals surface area contributed by atoms with Gasteiger partial charge in [0.15, 0.2) is 5.78 Å². The largest absolute Gasteiger partial charge is 0.573 e. The van der Waals surface area contributed by atoms with Gasteiger partial charge >= 0.3 is 6.36 Å². The van der Waals surface area contributed by atoms with Gasteiger partial charge in [-0.2, -0.15) is 0 Å². The van der Waals surface area contributed by atoms with E-state index in [2.05, 4.69) is 4.74 Å². The summed E-state index contributed by atoms with van der Waals surface area (Å²) in [5, 5.41) is -0.962. The molecule has 94 valence electrons. The zero-order valence-corrected chi connectivity index (χ0v) is 9.27. The van der Waals surface area contributed by atoms with Gasteiger partial charge < -0.3 is 4.74 Å². The smallest absolute Gasteiger partial charge is 0.406 e. The van der Waals surface area contributed by atoms with Crippen molar-refractivity contribution in [3.8, 4) is 5.75 Å². The summed E-state index contributed by atoms with van der Waals surface area (Å²) in [6.07, 6.45) is -4.94. The molecule has 0 aliphatic heterocycles. The van der Waals surface area contributed by atoms with Crippen molar-refractivity contribution in [2.45, 2.75) is 18.7 Å². The molecule has 0 N–H and O–H groups in total. The molecule has 0 aromatic heterocycles. The maximum absolute atomic E-state index is 13.0. The standard InChI is InChI=1S/C10H7ClF4O2/c1-5(11)9(16)6-2-7(12)4-8(3-6)17-10(13,14)15/h2-5H,1H3. The first-order valence-electron chi connectivity index (χ1n) is 4.43. The summed E-state index contributed by atoms with van der Waals surface area (Å²) < 4.78 is 52.2. The Morgan fingerprint density at radius 1 is 1.35 bits per heavy atom. The molecule has 2 nitrogen and oxygen atoms in total. The highest BCUT2D eigenvalue weighted by atomic mass is 35.5. The van der Waals surface area contributed by atoms with Gasteiger partial charge in [-0.05, 0) is 19.1 Å². The molecule has 0 heterocycles. The van der Waals surface area contributed by atoms with Crippen molar-refractivity contribution < 1.29 is 27.1 Å². The van der Waals surface area contributed by atoms with Crippen molar-refractivity contribution in [2.24, 2.45) is 0 Å². The van der Waals surface area contributed by atoms with Gasteiger partial charge in [-0.25, -0.2) is 4.39 Å². The van der Waals surface area contributed by atoms with E-state index >= 15 is 0 Å². The number of ether oxygens (including phenoxy) is 1. The van der Waals surface area contributed by atoms with Crippen molar-refractivity contribution >= 4 is 17.4 Å². The Hall–Kier alpha value is -1.30. The van der Waals surface area contributed by atoms with Crippen LogP contribution in [0.4, 0.5) is 17.6 Å². The summed E-state index contributed by atoms with van der Waals surface area (Å²) in [6, 6.07) is 2.12. The van der Waals surface area contributed by atoms with E-state index in [1.807, 2.05) is 0 Å². The molecule has 0 aliphatic rings. The van der Waals surface area contributed by atoms with Gasteiger partial charge in [0.2, 0.25) is 0 Å². The van der Waals surface area contributed by atoms with E-state index in [1.54, 1.807) is 0 Å². The van der Waals surface area contributed by atoms with Crippen LogP contribution in [0.5, 0.6) is 5.75 Å². The number of benzene rings is 1. The lowest BCUT2D eigenvalue weighted by Crippen LogP contribution is -2.18. The van der Waals surface area contributed by atoms with Crippen LogP contribution in [0, 0.1) is 5.82 Å². The Balaban J connectivity index is 3.07. The molecule has 1 aromatic rings.